The molecule has 2 aromatic rings. The number of carbonyl (C=O) groups is 1. The van der Waals surface area contributed by atoms with Crippen molar-refractivity contribution in [3.8, 4) is 0 Å². The summed E-state index contributed by atoms with van der Waals surface area (Å²) in [7, 11) is -7.05. The number of nitrogens with two attached hydrogens (primary N) is 1. The topological polar surface area (TPSA) is 135 Å². The molecular formula is C15H17N3O5S2. The molecule has 0 aliphatic rings. The molecule has 8 nitrogen and oxygen atoms in total. The second-order valence-electron chi connectivity index (χ2n) is 5.41. The van der Waals surface area contributed by atoms with Crippen LogP contribution < -0.4 is 15.2 Å². The minimum atomic E-state index is -3.64. The zero-order valence-electron chi connectivity index (χ0n) is 13.3. The van der Waals surface area contributed by atoms with E-state index in [-0.39, 0.29) is 5.75 Å². The molecule has 0 heterocycles. The highest BCUT2D eigenvalue weighted by atomic mass is 32.2. The number of hydrogen-bond acceptors (Lipinski definition) is 5. The number of nitrogens with one attached hydrogen (secondary N) is 2. The third kappa shape index (κ3) is 6.53. The summed E-state index contributed by atoms with van der Waals surface area (Å²) in [5.41, 5.74) is 1.52. The van der Waals surface area contributed by atoms with Crippen LogP contribution in [0.1, 0.15) is 15.9 Å². The summed E-state index contributed by atoms with van der Waals surface area (Å²) in [6, 6.07) is 12.2. The fourth-order valence-corrected chi connectivity index (χ4v) is 3.27. The molecule has 0 fully saturated rings. The minimum absolute atomic E-state index is 0.311. The van der Waals surface area contributed by atoms with Crippen LogP contribution in [0.4, 0.5) is 11.4 Å². The van der Waals surface area contributed by atoms with Gasteiger partial charge in [-0.25, -0.2) is 22.0 Å². The fraction of sp³-hybridized carbons (Fsp3) is 0.133. The van der Waals surface area contributed by atoms with Crippen molar-refractivity contribution in [1.29, 1.82) is 0 Å². The van der Waals surface area contributed by atoms with Crippen molar-refractivity contribution in [3.63, 3.8) is 0 Å². The highest BCUT2D eigenvalue weighted by Crippen LogP contribution is 2.17. The van der Waals surface area contributed by atoms with Crippen molar-refractivity contribution in [3.05, 3.63) is 59.7 Å². The van der Waals surface area contributed by atoms with Gasteiger partial charge in [0.25, 0.3) is 5.91 Å². The predicted octanol–water partition coefficient (Wildman–Crippen LogP) is 1.10. The molecule has 10 heteroatoms. The number of hydrogen-bond donors (Lipinski definition) is 3. The first-order chi connectivity index (χ1) is 11.5. The second-order valence-corrected chi connectivity index (χ2v) is 8.78. The summed E-state index contributed by atoms with van der Waals surface area (Å²) in [5.74, 6) is -0.729. The van der Waals surface area contributed by atoms with Crippen molar-refractivity contribution in [2.75, 3.05) is 16.3 Å². The molecule has 0 unspecified atom stereocenters. The first-order valence-electron chi connectivity index (χ1n) is 7.00. The Bertz CT molecular complexity index is 984. The normalized spacial score (nSPS) is 11.8. The van der Waals surface area contributed by atoms with E-state index in [1.165, 1.54) is 30.3 Å². The highest BCUT2D eigenvalue weighted by Gasteiger charge is 2.09. The largest absolute Gasteiger partial charge is 0.322 e. The van der Waals surface area contributed by atoms with E-state index in [9.17, 15) is 21.6 Å². The lowest BCUT2D eigenvalue weighted by Crippen LogP contribution is -2.15. The van der Waals surface area contributed by atoms with E-state index in [2.05, 4.69) is 10.0 Å². The maximum atomic E-state index is 12.2. The number of benzene rings is 2. The van der Waals surface area contributed by atoms with E-state index < -0.39 is 26.0 Å². The second kappa shape index (κ2) is 7.21. The first-order valence-corrected chi connectivity index (χ1v) is 10.6. The summed E-state index contributed by atoms with van der Waals surface area (Å²) in [6.45, 7) is 0. The van der Waals surface area contributed by atoms with E-state index in [1.807, 2.05) is 0 Å². The summed E-state index contributed by atoms with van der Waals surface area (Å²) in [5, 5.41) is 7.60. The van der Waals surface area contributed by atoms with Gasteiger partial charge in [-0.1, -0.05) is 18.2 Å². The van der Waals surface area contributed by atoms with Crippen LogP contribution in [0.3, 0.4) is 0 Å². The van der Waals surface area contributed by atoms with Gasteiger partial charge in [-0.05, 0) is 35.9 Å². The number of anilines is 2. The third-order valence-corrected chi connectivity index (χ3v) is 4.35. The first kappa shape index (κ1) is 18.9. The third-order valence-electron chi connectivity index (χ3n) is 3.01. The van der Waals surface area contributed by atoms with E-state index in [0.29, 0.717) is 22.5 Å². The highest BCUT2D eigenvalue weighted by molar-refractivity contribution is 7.92. The van der Waals surface area contributed by atoms with Gasteiger partial charge in [-0.3, -0.25) is 9.52 Å². The molecule has 0 aromatic heterocycles. The average Bonchev–Trinajstić information content (AvgIpc) is 2.44. The number of sulfonamides is 2. The number of primary sulfonamides is 1. The molecule has 0 aliphatic heterocycles. The maximum Gasteiger partial charge on any atom is 0.255 e. The molecule has 0 saturated carbocycles. The van der Waals surface area contributed by atoms with Gasteiger partial charge < -0.3 is 5.32 Å². The van der Waals surface area contributed by atoms with Gasteiger partial charge in [-0.15, -0.1) is 0 Å². The van der Waals surface area contributed by atoms with Gasteiger partial charge in [-0.2, -0.15) is 0 Å². The summed E-state index contributed by atoms with van der Waals surface area (Å²) in [6.07, 6.45) is 1.03. The van der Waals surface area contributed by atoms with Gasteiger partial charge in [0.05, 0.1) is 17.7 Å². The van der Waals surface area contributed by atoms with Gasteiger partial charge in [0, 0.05) is 11.3 Å². The lowest BCUT2D eigenvalue weighted by Gasteiger charge is -2.09. The number of rotatable bonds is 6. The Hall–Kier alpha value is -2.43. The lowest BCUT2D eigenvalue weighted by molar-refractivity contribution is 0.102. The SMILES string of the molecule is CS(=O)(=O)Nc1cccc(NC(=O)c2ccc(CS(N)(=O)=O)cc2)c1. The molecule has 2 rings (SSSR count). The summed E-state index contributed by atoms with van der Waals surface area (Å²) in [4.78, 5) is 12.2. The molecular weight excluding hydrogens is 366 g/mol. The van der Waals surface area contributed by atoms with Crippen LogP contribution in [0.5, 0.6) is 0 Å². The Morgan fingerprint density at radius 2 is 1.60 bits per heavy atom. The van der Waals surface area contributed by atoms with Gasteiger partial charge in [0.2, 0.25) is 20.0 Å². The Morgan fingerprint density at radius 1 is 1.00 bits per heavy atom. The molecule has 0 radical (unpaired) electrons. The fourth-order valence-electron chi connectivity index (χ4n) is 2.06. The van der Waals surface area contributed by atoms with E-state index >= 15 is 0 Å². The van der Waals surface area contributed by atoms with Crippen molar-refractivity contribution >= 4 is 37.3 Å². The zero-order chi connectivity index (χ0) is 18.7. The predicted molar refractivity (Wildman–Crippen MR) is 96.1 cm³/mol. The molecule has 25 heavy (non-hydrogen) atoms. The zero-order valence-corrected chi connectivity index (χ0v) is 14.9. The van der Waals surface area contributed by atoms with Crippen molar-refractivity contribution < 1.29 is 21.6 Å². The number of carbonyl (C=O) groups excluding carboxylic acids is 1. The Labute approximate surface area is 146 Å². The number of amides is 1. The van der Waals surface area contributed by atoms with Crippen molar-refractivity contribution in [1.82, 2.24) is 0 Å². The Balaban J connectivity index is 2.10. The molecule has 1 amide bonds. The van der Waals surface area contributed by atoms with E-state index in [0.717, 1.165) is 6.26 Å². The monoisotopic (exact) mass is 383 g/mol. The van der Waals surface area contributed by atoms with Crippen LogP contribution in [0.2, 0.25) is 0 Å². The van der Waals surface area contributed by atoms with Crippen LogP contribution in [0.25, 0.3) is 0 Å². The molecule has 4 N–H and O–H groups in total. The average molecular weight is 383 g/mol. The van der Waals surface area contributed by atoms with Crippen LogP contribution in [-0.4, -0.2) is 29.0 Å². The van der Waals surface area contributed by atoms with Crippen molar-refractivity contribution in [2.24, 2.45) is 5.14 Å². The molecule has 0 atom stereocenters. The van der Waals surface area contributed by atoms with Crippen LogP contribution >= 0.6 is 0 Å². The molecule has 0 aliphatic carbocycles. The maximum absolute atomic E-state index is 12.2. The summed E-state index contributed by atoms with van der Waals surface area (Å²) >= 11 is 0. The lowest BCUT2D eigenvalue weighted by atomic mass is 10.1. The van der Waals surface area contributed by atoms with Crippen LogP contribution in [0, 0.1) is 0 Å². The van der Waals surface area contributed by atoms with Gasteiger partial charge in [0.1, 0.15) is 0 Å². The van der Waals surface area contributed by atoms with E-state index in [4.69, 9.17) is 5.14 Å². The van der Waals surface area contributed by atoms with Crippen LogP contribution in [0.15, 0.2) is 48.5 Å². The Morgan fingerprint density at radius 3 is 2.16 bits per heavy atom. The molecule has 2 aromatic carbocycles. The quantitative estimate of drug-likeness (QED) is 0.686. The van der Waals surface area contributed by atoms with Crippen molar-refractivity contribution in [2.45, 2.75) is 5.75 Å². The summed E-state index contributed by atoms with van der Waals surface area (Å²) < 4.78 is 46.9. The molecule has 0 saturated heterocycles. The van der Waals surface area contributed by atoms with Gasteiger partial charge in [0.15, 0.2) is 0 Å². The Kier molecular flexibility index (Phi) is 5.45. The van der Waals surface area contributed by atoms with Crippen LogP contribution in [-0.2, 0) is 25.8 Å². The molecule has 134 valence electrons. The van der Waals surface area contributed by atoms with Gasteiger partial charge >= 0.3 is 0 Å². The smallest absolute Gasteiger partial charge is 0.255 e. The van der Waals surface area contributed by atoms with E-state index in [1.54, 1.807) is 18.2 Å². The molecule has 0 spiro atoms. The standard InChI is InChI=1S/C15H17N3O5S2/c1-24(20,21)18-14-4-2-3-13(9-14)17-15(19)12-7-5-11(6-8-12)10-25(16,22)23/h2-9,18H,10H2,1H3,(H,17,19)(H2,16,22,23). The molecule has 0 bridgehead atoms. The minimum Gasteiger partial charge on any atom is -0.322 e.